The number of rotatable bonds is 5. The molecule has 0 aliphatic heterocycles. The molecule has 0 unspecified atom stereocenters. The molecule has 2 aromatic heterocycles. The van der Waals surface area contributed by atoms with Crippen LogP contribution in [0.2, 0.25) is 0 Å². The molecule has 0 aliphatic carbocycles. The molecule has 3 aromatic rings. The second kappa shape index (κ2) is 6.36. The van der Waals surface area contributed by atoms with Crippen molar-refractivity contribution >= 4 is 39.8 Å². The van der Waals surface area contributed by atoms with Crippen molar-refractivity contribution < 1.29 is 13.9 Å². The van der Waals surface area contributed by atoms with E-state index in [-0.39, 0.29) is 11.7 Å². The fraction of sp³-hybridized carbons (Fsp3) is 0.312. The van der Waals surface area contributed by atoms with Gasteiger partial charge in [-0.25, -0.2) is 9.97 Å². The highest BCUT2D eigenvalue weighted by molar-refractivity contribution is 8.00. The van der Waals surface area contributed by atoms with Crippen LogP contribution in [0, 0.1) is 5.92 Å². The second-order valence-corrected chi connectivity index (χ2v) is 6.28. The van der Waals surface area contributed by atoms with E-state index in [9.17, 15) is 4.79 Å². The van der Waals surface area contributed by atoms with Crippen LogP contribution < -0.4 is 0 Å². The molecule has 0 N–H and O–H groups in total. The summed E-state index contributed by atoms with van der Waals surface area (Å²) in [5.74, 6) is 0.284. The van der Waals surface area contributed by atoms with Crippen molar-refractivity contribution in [2.75, 3.05) is 12.4 Å². The van der Waals surface area contributed by atoms with E-state index in [0.29, 0.717) is 23.1 Å². The Morgan fingerprint density at radius 2 is 2.14 bits per heavy atom. The first kappa shape index (κ1) is 14.8. The first-order valence-corrected chi connectivity index (χ1v) is 8.04. The Labute approximate surface area is 132 Å². The van der Waals surface area contributed by atoms with Crippen LogP contribution in [0.4, 0.5) is 0 Å². The second-order valence-electron chi connectivity index (χ2n) is 5.32. The fourth-order valence-corrected chi connectivity index (χ4v) is 2.76. The Balaban J connectivity index is 1.81. The SMILES string of the molecule is CC(C)COC(=O)CSc1ncnc2c1oc1ccccc12. The zero-order valence-electron chi connectivity index (χ0n) is 12.4. The van der Waals surface area contributed by atoms with E-state index in [0.717, 1.165) is 16.5 Å². The number of fused-ring (bicyclic) bond motifs is 3. The summed E-state index contributed by atoms with van der Waals surface area (Å²) in [5.41, 5.74) is 2.15. The van der Waals surface area contributed by atoms with Crippen LogP contribution in [0.25, 0.3) is 22.1 Å². The van der Waals surface area contributed by atoms with Crippen molar-refractivity contribution in [3.63, 3.8) is 0 Å². The molecular formula is C16H16N2O3S. The lowest BCUT2D eigenvalue weighted by Crippen LogP contribution is -2.11. The van der Waals surface area contributed by atoms with E-state index in [1.54, 1.807) is 0 Å². The fourth-order valence-electron chi connectivity index (χ4n) is 2.03. The normalized spacial score (nSPS) is 11.4. The molecule has 114 valence electrons. The van der Waals surface area contributed by atoms with E-state index in [1.807, 2.05) is 38.1 Å². The number of furan rings is 1. The maximum absolute atomic E-state index is 11.7. The quantitative estimate of drug-likeness (QED) is 0.406. The number of benzene rings is 1. The molecule has 0 fully saturated rings. The molecule has 0 atom stereocenters. The minimum absolute atomic E-state index is 0.204. The van der Waals surface area contributed by atoms with Gasteiger partial charge in [0.2, 0.25) is 0 Å². The topological polar surface area (TPSA) is 65.2 Å². The number of esters is 1. The molecule has 0 saturated heterocycles. The predicted molar refractivity (Wildman–Crippen MR) is 85.8 cm³/mol. The lowest BCUT2D eigenvalue weighted by molar-refractivity contribution is -0.141. The van der Waals surface area contributed by atoms with Crippen LogP contribution in [0.1, 0.15) is 13.8 Å². The summed E-state index contributed by atoms with van der Waals surface area (Å²) in [6.07, 6.45) is 1.49. The predicted octanol–water partition coefficient (Wildman–Crippen LogP) is 3.67. The molecule has 0 amide bonds. The monoisotopic (exact) mass is 316 g/mol. The van der Waals surface area contributed by atoms with Gasteiger partial charge in [-0.2, -0.15) is 0 Å². The van der Waals surface area contributed by atoms with Gasteiger partial charge in [0.15, 0.2) is 5.58 Å². The molecule has 6 heteroatoms. The lowest BCUT2D eigenvalue weighted by atomic mass is 10.2. The average Bonchev–Trinajstić information content (AvgIpc) is 2.90. The molecule has 0 saturated carbocycles. The van der Waals surface area contributed by atoms with Crippen molar-refractivity contribution in [1.82, 2.24) is 9.97 Å². The summed E-state index contributed by atoms with van der Waals surface area (Å²) in [5, 5.41) is 1.60. The number of nitrogens with zero attached hydrogens (tertiary/aromatic N) is 2. The molecule has 0 aliphatic rings. The lowest BCUT2D eigenvalue weighted by Gasteiger charge is -2.06. The molecule has 2 heterocycles. The van der Waals surface area contributed by atoms with Gasteiger partial charge in [-0.3, -0.25) is 4.79 Å². The Morgan fingerprint density at radius 1 is 1.32 bits per heavy atom. The highest BCUT2D eigenvalue weighted by Gasteiger charge is 2.15. The van der Waals surface area contributed by atoms with E-state index in [4.69, 9.17) is 9.15 Å². The first-order chi connectivity index (χ1) is 10.6. The Hall–Kier alpha value is -2.08. The largest absolute Gasteiger partial charge is 0.465 e. The van der Waals surface area contributed by atoms with Crippen LogP contribution in [-0.2, 0) is 9.53 Å². The number of carbonyl (C=O) groups excluding carboxylic acids is 1. The van der Waals surface area contributed by atoms with Crippen LogP contribution in [0.5, 0.6) is 0 Å². The van der Waals surface area contributed by atoms with Crippen LogP contribution >= 0.6 is 11.8 Å². The van der Waals surface area contributed by atoms with Crippen molar-refractivity contribution in [3.05, 3.63) is 30.6 Å². The van der Waals surface area contributed by atoms with E-state index in [1.165, 1.54) is 18.1 Å². The highest BCUT2D eigenvalue weighted by atomic mass is 32.2. The summed E-state index contributed by atoms with van der Waals surface area (Å²) in [6.45, 7) is 4.44. The zero-order chi connectivity index (χ0) is 15.5. The van der Waals surface area contributed by atoms with Crippen LogP contribution in [-0.4, -0.2) is 28.3 Å². The molecule has 3 rings (SSSR count). The van der Waals surface area contributed by atoms with Crippen LogP contribution in [0.3, 0.4) is 0 Å². The van der Waals surface area contributed by atoms with Crippen LogP contribution in [0.15, 0.2) is 40.0 Å². The number of ether oxygens (including phenoxy) is 1. The summed E-state index contributed by atoms with van der Waals surface area (Å²) in [7, 11) is 0. The Morgan fingerprint density at radius 3 is 2.95 bits per heavy atom. The average molecular weight is 316 g/mol. The van der Waals surface area contributed by atoms with Gasteiger partial charge in [-0.15, -0.1) is 0 Å². The molecule has 0 spiro atoms. The molecule has 0 bridgehead atoms. The minimum atomic E-state index is -0.249. The molecule has 22 heavy (non-hydrogen) atoms. The number of hydrogen-bond acceptors (Lipinski definition) is 6. The number of aromatic nitrogens is 2. The van der Waals surface area contributed by atoms with Gasteiger partial charge in [0.1, 0.15) is 22.5 Å². The van der Waals surface area contributed by atoms with E-state index >= 15 is 0 Å². The van der Waals surface area contributed by atoms with Gasteiger partial charge in [-0.05, 0) is 18.1 Å². The minimum Gasteiger partial charge on any atom is -0.465 e. The third-order valence-corrected chi connectivity index (χ3v) is 3.97. The summed E-state index contributed by atoms with van der Waals surface area (Å²) in [4.78, 5) is 20.2. The van der Waals surface area contributed by atoms with Crippen molar-refractivity contribution in [2.24, 2.45) is 5.92 Å². The molecule has 0 radical (unpaired) electrons. The Bertz CT molecular complexity index is 813. The smallest absolute Gasteiger partial charge is 0.316 e. The van der Waals surface area contributed by atoms with Gasteiger partial charge in [0.25, 0.3) is 0 Å². The number of thioether (sulfide) groups is 1. The van der Waals surface area contributed by atoms with Gasteiger partial charge < -0.3 is 9.15 Å². The molecular weight excluding hydrogens is 300 g/mol. The third kappa shape index (κ3) is 3.06. The maximum Gasteiger partial charge on any atom is 0.316 e. The first-order valence-electron chi connectivity index (χ1n) is 7.06. The maximum atomic E-state index is 11.7. The van der Waals surface area contributed by atoms with Gasteiger partial charge in [0, 0.05) is 5.39 Å². The van der Waals surface area contributed by atoms with Crippen molar-refractivity contribution in [1.29, 1.82) is 0 Å². The summed E-state index contributed by atoms with van der Waals surface area (Å²) < 4.78 is 11.0. The number of para-hydroxylation sites is 1. The van der Waals surface area contributed by atoms with Gasteiger partial charge >= 0.3 is 5.97 Å². The van der Waals surface area contributed by atoms with Gasteiger partial charge in [0.05, 0.1) is 12.4 Å². The Kier molecular flexibility index (Phi) is 4.29. The van der Waals surface area contributed by atoms with E-state index in [2.05, 4.69) is 9.97 Å². The molecule has 1 aromatic carbocycles. The van der Waals surface area contributed by atoms with Crippen molar-refractivity contribution in [3.8, 4) is 0 Å². The van der Waals surface area contributed by atoms with Crippen molar-refractivity contribution in [2.45, 2.75) is 18.9 Å². The van der Waals surface area contributed by atoms with E-state index < -0.39 is 0 Å². The summed E-state index contributed by atoms with van der Waals surface area (Å²) >= 11 is 1.31. The number of carbonyl (C=O) groups is 1. The number of hydrogen-bond donors (Lipinski definition) is 0. The van der Waals surface area contributed by atoms with Gasteiger partial charge in [-0.1, -0.05) is 37.7 Å². The zero-order valence-corrected chi connectivity index (χ0v) is 13.2. The third-order valence-electron chi connectivity index (χ3n) is 3.03. The molecule has 5 nitrogen and oxygen atoms in total. The standard InChI is InChI=1S/C16H16N2O3S/c1-10(2)7-20-13(19)8-22-16-15-14(17-9-18-16)11-5-3-4-6-12(11)21-15/h3-6,9-10H,7-8H2,1-2H3. The highest BCUT2D eigenvalue weighted by Crippen LogP contribution is 2.32. The summed E-state index contributed by atoms with van der Waals surface area (Å²) in [6, 6.07) is 7.70.